The third-order valence-electron chi connectivity index (χ3n) is 2.77. The lowest BCUT2D eigenvalue weighted by Crippen LogP contribution is -2.10. The highest BCUT2D eigenvalue weighted by Crippen LogP contribution is 2.30. The predicted molar refractivity (Wildman–Crippen MR) is 72.0 cm³/mol. The second kappa shape index (κ2) is 5.01. The second-order valence-electron chi connectivity index (χ2n) is 4.14. The Morgan fingerprint density at radius 1 is 1.47 bits per heavy atom. The first-order valence-corrected chi connectivity index (χ1v) is 5.92. The molecule has 0 radical (unpaired) electrons. The highest BCUT2D eigenvalue weighted by molar-refractivity contribution is 5.93. The average Bonchev–Trinajstić information content (AvgIpc) is 2.66. The Morgan fingerprint density at radius 3 is 2.79 bits per heavy atom. The lowest BCUT2D eigenvalue weighted by molar-refractivity contribution is 0.1000. The fraction of sp³-hybridized carbons (Fsp3) is 0.231. The van der Waals surface area contributed by atoms with Gasteiger partial charge >= 0.3 is 0 Å². The van der Waals surface area contributed by atoms with Crippen LogP contribution in [0.2, 0.25) is 0 Å². The molecule has 0 aliphatic heterocycles. The second-order valence-corrected chi connectivity index (χ2v) is 4.14. The van der Waals surface area contributed by atoms with Gasteiger partial charge in [0.2, 0.25) is 11.8 Å². The number of benzene rings is 1. The van der Waals surface area contributed by atoms with Crippen LogP contribution in [0, 0.1) is 0 Å². The van der Waals surface area contributed by atoms with Crippen LogP contribution in [0.25, 0.3) is 0 Å². The maximum Gasteiger partial charge on any atom is 0.248 e. The normalized spacial score (nSPS) is 10.4. The van der Waals surface area contributed by atoms with Gasteiger partial charge in [0.15, 0.2) is 0 Å². The zero-order valence-corrected chi connectivity index (χ0v) is 10.9. The van der Waals surface area contributed by atoms with Crippen LogP contribution < -0.4 is 16.2 Å². The van der Waals surface area contributed by atoms with E-state index in [4.69, 9.17) is 16.2 Å². The fourth-order valence-corrected chi connectivity index (χ4v) is 1.78. The Bertz CT molecular complexity index is 619. The van der Waals surface area contributed by atoms with Crippen molar-refractivity contribution in [1.29, 1.82) is 0 Å². The van der Waals surface area contributed by atoms with Gasteiger partial charge in [0, 0.05) is 12.6 Å². The number of aromatic nitrogens is 2. The van der Waals surface area contributed by atoms with Crippen LogP contribution in [0.15, 0.2) is 24.3 Å². The molecule has 19 heavy (non-hydrogen) atoms. The van der Waals surface area contributed by atoms with Gasteiger partial charge in [0.25, 0.3) is 0 Å². The molecule has 1 amide bonds. The molecule has 4 N–H and O–H groups in total. The summed E-state index contributed by atoms with van der Waals surface area (Å²) in [5, 5.41) is 4.26. The zero-order valence-electron chi connectivity index (χ0n) is 10.9. The summed E-state index contributed by atoms with van der Waals surface area (Å²) in [7, 11) is 1.75. The third-order valence-corrected chi connectivity index (χ3v) is 2.77. The number of nitrogen functional groups attached to an aromatic ring is 1. The summed E-state index contributed by atoms with van der Waals surface area (Å²) in [5.74, 6) is 0.449. The number of nitrogens with zero attached hydrogens (tertiary/aromatic N) is 2. The summed E-state index contributed by atoms with van der Waals surface area (Å²) in [6.45, 7) is 1.97. The molecule has 0 atom stereocenters. The molecule has 6 heteroatoms. The van der Waals surface area contributed by atoms with Crippen molar-refractivity contribution < 1.29 is 9.53 Å². The number of hydrogen-bond acceptors (Lipinski definition) is 4. The number of aryl methyl sites for hydroxylation is 2. The van der Waals surface area contributed by atoms with E-state index in [2.05, 4.69) is 5.10 Å². The molecule has 0 spiro atoms. The van der Waals surface area contributed by atoms with E-state index in [9.17, 15) is 4.79 Å². The molecule has 100 valence electrons. The highest BCUT2D eigenvalue weighted by atomic mass is 16.5. The molecular formula is C13H16N4O2. The average molecular weight is 260 g/mol. The number of hydrogen-bond donors (Lipinski definition) is 2. The van der Waals surface area contributed by atoms with E-state index in [1.807, 2.05) is 6.92 Å². The molecular weight excluding hydrogens is 244 g/mol. The summed E-state index contributed by atoms with van der Waals surface area (Å²) in [4.78, 5) is 11.1. The summed E-state index contributed by atoms with van der Waals surface area (Å²) in [6, 6.07) is 6.62. The summed E-state index contributed by atoms with van der Waals surface area (Å²) in [5.41, 5.74) is 12.9. The molecule has 0 fully saturated rings. The van der Waals surface area contributed by atoms with Gasteiger partial charge in [-0.15, -0.1) is 0 Å². The van der Waals surface area contributed by atoms with Crippen molar-refractivity contribution in [3.05, 3.63) is 35.5 Å². The van der Waals surface area contributed by atoms with Gasteiger partial charge in [-0.1, -0.05) is 13.0 Å². The molecule has 1 heterocycles. The van der Waals surface area contributed by atoms with E-state index in [0.29, 0.717) is 22.9 Å². The number of amides is 1. The third kappa shape index (κ3) is 2.52. The van der Waals surface area contributed by atoms with Crippen molar-refractivity contribution in [1.82, 2.24) is 9.78 Å². The SMILES string of the molecule is CCc1nn(C)c(Oc2cccc(C(N)=O)c2)c1N. The van der Waals surface area contributed by atoms with Crippen LogP contribution >= 0.6 is 0 Å². The molecule has 0 saturated carbocycles. The lowest BCUT2D eigenvalue weighted by atomic mass is 10.2. The topological polar surface area (TPSA) is 96.2 Å². The monoisotopic (exact) mass is 260 g/mol. The van der Waals surface area contributed by atoms with Crippen LogP contribution in [-0.4, -0.2) is 15.7 Å². The van der Waals surface area contributed by atoms with Gasteiger partial charge in [-0.3, -0.25) is 4.79 Å². The molecule has 1 aromatic carbocycles. The Balaban J connectivity index is 2.33. The van der Waals surface area contributed by atoms with E-state index in [1.54, 1.807) is 36.0 Å². The van der Waals surface area contributed by atoms with Gasteiger partial charge in [-0.05, 0) is 24.6 Å². The van der Waals surface area contributed by atoms with E-state index in [1.165, 1.54) is 0 Å². The van der Waals surface area contributed by atoms with Gasteiger partial charge in [0.05, 0.1) is 5.69 Å². The minimum absolute atomic E-state index is 0.383. The molecule has 0 aliphatic rings. The van der Waals surface area contributed by atoms with Gasteiger partial charge < -0.3 is 16.2 Å². The van der Waals surface area contributed by atoms with Crippen molar-refractivity contribution in [3.8, 4) is 11.6 Å². The first-order chi connectivity index (χ1) is 9.02. The largest absolute Gasteiger partial charge is 0.437 e. The number of nitrogens with two attached hydrogens (primary N) is 2. The number of primary amides is 1. The van der Waals surface area contributed by atoms with Crippen molar-refractivity contribution in [2.75, 3.05) is 5.73 Å². The standard InChI is InChI=1S/C13H16N4O2/c1-3-10-11(14)13(17(2)16-10)19-9-6-4-5-8(7-9)12(15)18/h4-7H,3,14H2,1-2H3,(H2,15,18). The fourth-order valence-electron chi connectivity index (χ4n) is 1.78. The van der Waals surface area contributed by atoms with Crippen LogP contribution in [0.3, 0.4) is 0 Å². The van der Waals surface area contributed by atoms with E-state index >= 15 is 0 Å². The van der Waals surface area contributed by atoms with Crippen molar-refractivity contribution >= 4 is 11.6 Å². The minimum atomic E-state index is -0.502. The van der Waals surface area contributed by atoms with Crippen LogP contribution in [0.5, 0.6) is 11.6 Å². The highest BCUT2D eigenvalue weighted by Gasteiger charge is 2.14. The smallest absolute Gasteiger partial charge is 0.248 e. The van der Waals surface area contributed by atoms with Crippen molar-refractivity contribution in [2.24, 2.45) is 12.8 Å². The molecule has 2 rings (SSSR count). The molecule has 2 aromatic rings. The summed E-state index contributed by atoms with van der Waals surface area (Å²) in [6.07, 6.45) is 0.727. The van der Waals surface area contributed by atoms with Crippen LogP contribution in [-0.2, 0) is 13.5 Å². The quantitative estimate of drug-likeness (QED) is 0.869. The number of rotatable bonds is 4. The first kappa shape index (κ1) is 12.9. The number of ether oxygens (including phenoxy) is 1. The minimum Gasteiger partial charge on any atom is -0.437 e. The maximum absolute atomic E-state index is 11.1. The number of carbonyl (C=O) groups is 1. The number of carbonyl (C=O) groups excluding carboxylic acids is 1. The predicted octanol–water partition coefficient (Wildman–Crippen LogP) is 1.46. The van der Waals surface area contributed by atoms with Crippen LogP contribution in [0.1, 0.15) is 23.0 Å². The molecule has 0 saturated heterocycles. The zero-order chi connectivity index (χ0) is 14.0. The Kier molecular flexibility index (Phi) is 3.41. The van der Waals surface area contributed by atoms with Crippen LogP contribution in [0.4, 0.5) is 5.69 Å². The maximum atomic E-state index is 11.1. The molecule has 0 bridgehead atoms. The molecule has 1 aromatic heterocycles. The first-order valence-electron chi connectivity index (χ1n) is 5.92. The Hall–Kier alpha value is -2.50. The molecule has 0 aliphatic carbocycles. The summed E-state index contributed by atoms with van der Waals surface area (Å²) >= 11 is 0. The van der Waals surface area contributed by atoms with Gasteiger partial charge in [-0.25, -0.2) is 4.68 Å². The van der Waals surface area contributed by atoms with E-state index in [0.717, 1.165) is 12.1 Å². The summed E-state index contributed by atoms with van der Waals surface area (Å²) < 4.78 is 7.26. The van der Waals surface area contributed by atoms with Gasteiger partial charge in [0.1, 0.15) is 11.4 Å². The van der Waals surface area contributed by atoms with E-state index in [-0.39, 0.29) is 0 Å². The van der Waals surface area contributed by atoms with Gasteiger partial charge in [-0.2, -0.15) is 5.10 Å². The molecule has 0 unspecified atom stereocenters. The Morgan fingerprint density at radius 2 is 2.21 bits per heavy atom. The van der Waals surface area contributed by atoms with E-state index < -0.39 is 5.91 Å². The Labute approximate surface area is 111 Å². The van der Waals surface area contributed by atoms with Crippen molar-refractivity contribution in [2.45, 2.75) is 13.3 Å². The molecule has 6 nitrogen and oxygen atoms in total. The number of anilines is 1. The lowest BCUT2D eigenvalue weighted by Gasteiger charge is -2.07. The van der Waals surface area contributed by atoms with Crippen molar-refractivity contribution in [3.63, 3.8) is 0 Å².